The van der Waals surface area contributed by atoms with Crippen molar-refractivity contribution in [1.29, 1.82) is 0 Å². The van der Waals surface area contributed by atoms with Gasteiger partial charge in [0.2, 0.25) is 5.91 Å². The molecule has 3 aromatic rings. The average Bonchev–Trinajstić information content (AvgIpc) is 3.80. The summed E-state index contributed by atoms with van der Waals surface area (Å²) in [5.41, 5.74) is 5.43. The van der Waals surface area contributed by atoms with E-state index in [1.54, 1.807) is 0 Å². The predicted octanol–water partition coefficient (Wildman–Crippen LogP) is 5.87. The lowest BCUT2D eigenvalue weighted by molar-refractivity contribution is -0.131. The first-order valence-corrected chi connectivity index (χ1v) is 14.5. The van der Waals surface area contributed by atoms with E-state index < -0.39 is 5.54 Å². The Labute approximate surface area is 222 Å². The lowest BCUT2D eigenvalue weighted by atomic mass is 9.97. The Morgan fingerprint density at radius 2 is 1.81 bits per heavy atom. The fraction of sp³-hybridized carbons (Fsp3) is 0.452. The molecule has 37 heavy (non-hydrogen) atoms. The van der Waals surface area contributed by atoms with Crippen molar-refractivity contribution in [3.05, 3.63) is 58.0 Å². The number of rotatable bonds is 5. The first kappa shape index (κ1) is 23.2. The highest BCUT2D eigenvalue weighted by atomic mass is 32.1. The summed E-state index contributed by atoms with van der Waals surface area (Å²) in [6.07, 6.45) is 4.74. The summed E-state index contributed by atoms with van der Waals surface area (Å²) in [5.74, 6) is 1.88. The Kier molecular flexibility index (Phi) is 5.17. The Morgan fingerprint density at radius 3 is 2.54 bits per heavy atom. The van der Waals surface area contributed by atoms with Gasteiger partial charge in [-0.1, -0.05) is 24.3 Å². The van der Waals surface area contributed by atoms with Gasteiger partial charge >= 0.3 is 0 Å². The van der Waals surface area contributed by atoms with Crippen molar-refractivity contribution < 1.29 is 9.59 Å². The van der Waals surface area contributed by atoms with Gasteiger partial charge in [-0.15, -0.1) is 11.3 Å². The van der Waals surface area contributed by atoms with Crippen molar-refractivity contribution in [3.8, 4) is 11.1 Å². The number of likely N-dealkylation sites (tertiary alicyclic amines) is 1. The quantitative estimate of drug-likeness (QED) is 0.430. The van der Waals surface area contributed by atoms with Crippen molar-refractivity contribution in [2.24, 2.45) is 16.8 Å². The number of aryl methyl sites for hydroxylation is 3. The number of benzene rings is 2. The molecule has 2 aromatic carbocycles. The first-order valence-electron chi connectivity index (χ1n) is 13.6. The van der Waals surface area contributed by atoms with E-state index >= 15 is 0 Å². The molecule has 4 aliphatic rings. The summed E-state index contributed by atoms with van der Waals surface area (Å²) in [7, 11) is 0. The van der Waals surface area contributed by atoms with Gasteiger partial charge in [0, 0.05) is 40.7 Å². The van der Waals surface area contributed by atoms with Crippen LogP contribution in [0.2, 0.25) is 0 Å². The summed E-state index contributed by atoms with van der Waals surface area (Å²) in [6, 6.07) is 13.3. The molecule has 1 spiro atoms. The van der Waals surface area contributed by atoms with Gasteiger partial charge in [-0.2, -0.15) is 0 Å². The number of amides is 2. The molecule has 3 fully saturated rings. The van der Waals surface area contributed by atoms with Gasteiger partial charge < -0.3 is 4.90 Å². The number of nitrogens with zero attached hydrogens (tertiary/aromatic N) is 3. The van der Waals surface area contributed by atoms with Crippen LogP contribution in [0.15, 0.2) is 41.4 Å². The molecule has 2 saturated carbocycles. The van der Waals surface area contributed by atoms with Crippen LogP contribution in [0.4, 0.5) is 0 Å². The van der Waals surface area contributed by atoms with Crippen molar-refractivity contribution in [3.63, 3.8) is 0 Å². The van der Waals surface area contributed by atoms with Gasteiger partial charge in [-0.3, -0.25) is 19.5 Å². The van der Waals surface area contributed by atoms with E-state index in [2.05, 4.69) is 57.2 Å². The molecular weight excluding hydrogens is 478 g/mol. The third-order valence-corrected chi connectivity index (χ3v) is 10.1. The van der Waals surface area contributed by atoms with Crippen LogP contribution in [0, 0.1) is 32.6 Å². The zero-order chi connectivity index (χ0) is 25.5. The number of hydrogen-bond donors (Lipinski definition) is 0. The summed E-state index contributed by atoms with van der Waals surface area (Å²) in [4.78, 5) is 36.4. The van der Waals surface area contributed by atoms with Crippen LogP contribution in [0.3, 0.4) is 0 Å². The second kappa shape index (κ2) is 8.26. The smallest absolute Gasteiger partial charge is 0.256 e. The maximum atomic E-state index is 13.5. The Balaban J connectivity index is 1.16. The standard InChI is InChI=1S/C31H33N3O2S/c1-18-14-23(24-7-9-27-26(15-24)19(2)20(3)37-27)6-8-25(18)28-32-31(11-12-31)30(36)34(28)17-21-10-13-33(16-21)29(35)22-4-5-22/h6-9,14-15,21-22H,4-5,10-13,16-17H2,1-3H3. The topological polar surface area (TPSA) is 53.0 Å². The second-order valence-corrected chi connectivity index (χ2v) is 12.9. The summed E-state index contributed by atoms with van der Waals surface area (Å²) >= 11 is 1.86. The third kappa shape index (κ3) is 3.83. The van der Waals surface area contributed by atoms with Crippen molar-refractivity contribution in [2.75, 3.05) is 19.6 Å². The zero-order valence-corrected chi connectivity index (χ0v) is 22.7. The number of carbonyl (C=O) groups excluding carboxylic acids is 2. The zero-order valence-electron chi connectivity index (χ0n) is 21.8. The second-order valence-electron chi connectivity index (χ2n) is 11.6. The van der Waals surface area contributed by atoms with Crippen LogP contribution < -0.4 is 0 Å². The maximum absolute atomic E-state index is 13.5. The van der Waals surface area contributed by atoms with E-state index in [-0.39, 0.29) is 11.8 Å². The van der Waals surface area contributed by atoms with Crippen LogP contribution in [0.5, 0.6) is 0 Å². The third-order valence-electron chi connectivity index (χ3n) is 8.88. The average molecular weight is 512 g/mol. The van der Waals surface area contributed by atoms with E-state index in [9.17, 15) is 9.59 Å². The van der Waals surface area contributed by atoms with Crippen LogP contribution >= 0.6 is 11.3 Å². The Bertz CT molecular complexity index is 1490. The molecule has 190 valence electrons. The Hall–Kier alpha value is -2.99. The van der Waals surface area contributed by atoms with E-state index in [4.69, 9.17) is 4.99 Å². The lowest BCUT2D eigenvalue weighted by Gasteiger charge is -2.24. The molecular formula is C31H33N3O2S. The molecule has 0 radical (unpaired) electrons. The van der Waals surface area contributed by atoms with E-state index in [0.29, 0.717) is 18.4 Å². The highest BCUT2D eigenvalue weighted by Gasteiger charge is 2.57. The summed E-state index contributed by atoms with van der Waals surface area (Å²) in [6.45, 7) is 8.76. The molecule has 0 N–H and O–H groups in total. The molecule has 3 heterocycles. The number of fused-ring (bicyclic) bond motifs is 1. The molecule has 1 saturated heterocycles. The Morgan fingerprint density at radius 1 is 1.05 bits per heavy atom. The number of thiophene rings is 1. The minimum absolute atomic E-state index is 0.159. The van der Waals surface area contributed by atoms with Gasteiger partial charge in [-0.05, 0) is 98.6 Å². The monoisotopic (exact) mass is 511 g/mol. The van der Waals surface area contributed by atoms with Crippen molar-refractivity contribution in [1.82, 2.24) is 9.80 Å². The minimum atomic E-state index is -0.526. The first-order chi connectivity index (χ1) is 17.8. The molecule has 2 aliphatic carbocycles. The van der Waals surface area contributed by atoms with Crippen LogP contribution in [-0.4, -0.2) is 52.6 Å². The van der Waals surface area contributed by atoms with E-state index in [1.807, 2.05) is 21.1 Å². The van der Waals surface area contributed by atoms with Gasteiger partial charge in [0.1, 0.15) is 11.4 Å². The molecule has 1 aromatic heterocycles. The minimum Gasteiger partial charge on any atom is -0.342 e. The predicted molar refractivity (Wildman–Crippen MR) is 149 cm³/mol. The SMILES string of the molecule is Cc1cc(-c2ccc3sc(C)c(C)c3c2)ccc1C1=NC2(CC2)C(=O)N1CC1CCN(C(=O)C2CC2)C1. The van der Waals surface area contributed by atoms with Gasteiger partial charge in [0.25, 0.3) is 5.91 Å². The molecule has 5 nitrogen and oxygen atoms in total. The fourth-order valence-corrected chi connectivity index (χ4v) is 7.17. The number of carbonyl (C=O) groups is 2. The molecule has 1 unspecified atom stereocenters. The molecule has 2 aliphatic heterocycles. The van der Waals surface area contributed by atoms with Crippen molar-refractivity contribution >= 4 is 39.1 Å². The molecule has 1 atom stereocenters. The highest BCUT2D eigenvalue weighted by Crippen LogP contribution is 2.47. The normalized spacial score (nSPS) is 22.4. The summed E-state index contributed by atoms with van der Waals surface area (Å²) < 4.78 is 1.33. The fourth-order valence-electron chi connectivity index (χ4n) is 6.12. The van der Waals surface area contributed by atoms with Crippen molar-refractivity contribution in [2.45, 2.75) is 58.4 Å². The van der Waals surface area contributed by atoms with E-state index in [0.717, 1.165) is 62.2 Å². The highest BCUT2D eigenvalue weighted by molar-refractivity contribution is 7.19. The van der Waals surface area contributed by atoms with Crippen LogP contribution in [0.25, 0.3) is 21.2 Å². The largest absolute Gasteiger partial charge is 0.342 e. The van der Waals surface area contributed by atoms with Crippen LogP contribution in [0.1, 0.15) is 53.7 Å². The van der Waals surface area contributed by atoms with Crippen LogP contribution in [-0.2, 0) is 9.59 Å². The van der Waals surface area contributed by atoms with E-state index in [1.165, 1.54) is 31.7 Å². The lowest BCUT2D eigenvalue weighted by Crippen LogP contribution is -2.41. The molecule has 6 heteroatoms. The van der Waals surface area contributed by atoms with Gasteiger partial charge in [-0.25, -0.2) is 0 Å². The molecule has 7 rings (SSSR count). The van der Waals surface area contributed by atoms with Gasteiger partial charge in [0.05, 0.1) is 0 Å². The molecule has 0 bridgehead atoms. The number of amidine groups is 1. The number of hydrogen-bond acceptors (Lipinski definition) is 4. The molecule has 2 amide bonds. The maximum Gasteiger partial charge on any atom is 0.256 e. The number of aliphatic imine (C=N–C) groups is 1. The van der Waals surface area contributed by atoms with Gasteiger partial charge in [0.15, 0.2) is 0 Å². The summed E-state index contributed by atoms with van der Waals surface area (Å²) in [5, 5.41) is 1.33.